The van der Waals surface area contributed by atoms with Crippen molar-refractivity contribution in [3.8, 4) is 11.5 Å². The molecule has 2 aromatic carbocycles. The lowest BCUT2D eigenvalue weighted by atomic mass is 10.1. The molecule has 1 aliphatic heterocycles. The molecule has 0 atom stereocenters. The lowest BCUT2D eigenvalue weighted by Crippen LogP contribution is -2.32. The Morgan fingerprint density at radius 3 is 2.69 bits per heavy atom. The lowest BCUT2D eigenvalue weighted by Gasteiger charge is -2.17. The van der Waals surface area contributed by atoms with Gasteiger partial charge >= 0.3 is 0 Å². The minimum Gasteiger partial charge on any atom is -0.497 e. The third-order valence-corrected chi connectivity index (χ3v) is 4.31. The maximum atomic E-state index is 12.6. The molecule has 0 aliphatic carbocycles. The predicted molar refractivity (Wildman–Crippen MR) is 98.8 cm³/mol. The Morgan fingerprint density at radius 1 is 1.23 bits per heavy atom. The Hall–Kier alpha value is -3.02. The van der Waals surface area contributed by atoms with Crippen molar-refractivity contribution in [2.45, 2.75) is 13.3 Å². The Morgan fingerprint density at radius 2 is 2.00 bits per heavy atom. The normalized spacial score (nSPS) is 13.5. The van der Waals surface area contributed by atoms with E-state index in [2.05, 4.69) is 5.32 Å². The van der Waals surface area contributed by atoms with E-state index in [0.29, 0.717) is 36.7 Å². The van der Waals surface area contributed by atoms with Crippen LogP contribution in [0.2, 0.25) is 0 Å². The number of amides is 2. The molecule has 1 N–H and O–H groups in total. The lowest BCUT2D eigenvalue weighted by molar-refractivity contribution is -0.115. The first-order chi connectivity index (χ1) is 12.6. The Labute approximate surface area is 152 Å². The van der Waals surface area contributed by atoms with Gasteiger partial charge in [-0.25, -0.2) is 0 Å². The van der Waals surface area contributed by atoms with Crippen molar-refractivity contribution in [2.75, 3.05) is 32.1 Å². The van der Waals surface area contributed by atoms with E-state index in [4.69, 9.17) is 9.47 Å². The van der Waals surface area contributed by atoms with E-state index in [1.54, 1.807) is 30.2 Å². The summed E-state index contributed by atoms with van der Waals surface area (Å²) < 4.78 is 10.8. The molecule has 6 nitrogen and oxygen atoms in total. The largest absolute Gasteiger partial charge is 0.497 e. The molecule has 3 rings (SSSR count). The summed E-state index contributed by atoms with van der Waals surface area (Å²) >= 11 is 0. The molecule has 26 heavy (non-hydrogen) atoms. The van der Waals surface area contributed by atoms with E-state index < -0.39 is 0 Å². The van der Waals surface area contributed by atoms with E-state index in [1.807, 2.05) is 31.2 Å². The van der Waals surface area contributed by atoms with E-state index in [0.717, 1.165) is 11.3 Å². The van der Waals surface area contributed by atoms with Crippen molar-refractivity contribution in [3.63, 3.8) is 0 Å². The maximum Gasteiger partial charge on any atom is 0.257 e. The number of hydrogen-bond donors (Lipinski definition) is 1. The van der Waals surface area contributed by atoms with Gasteiger partial charge in [-0.1, -0.05) is 12.1 Å². The van der Waals surface area contributed by atoms with Gasteiger partial charge in [0.05, 0.1) is 25.6 Å². The van der Waals surface area contributed by atoms with Crippen LogP contribution in [0.25, 0.3) is 0 Å². The van der Waals surface area contributed by atoms with Crippen LogP contribution in [-0.4, -0.2) is 43.5 Å². The first-order valence-corrected chi connectivity index (χ1v) is 8.59. The van der Waals surface area contributed by atoms with Crippen LogP contribution in [0.5, 0.6) is 11.5 Å². The van der Waals surface area contributed by atoms with Crippen molar-refractivity contribution in [1.82, 2.24) is 4.90 Å². The molecule has 2 aromatic rings. The van der Waals surface area contributed by atoms with Crippen LogP contribution < -0.4 is 14.8 Å². The smallest absolute Gasteiger partial charge is 0.257 e. The summed E-state index contributed by atoms with van der Waals surface area (Å²) in [6.45, 7) is 3.58. The summed E-state index contributed by atoms with van der Waals surface area (Å²) in [5, 5.41) is 2.85. The average molecular weight is 354 g/mol. The molecule has 0 saturated heterocycles. The van der Waals surface area contributed by atoms with Crippen LogP contribution in [0.15, 0.2) is 42.5 Å². The van der Waals surface area contributed by atoms with Gasteiger partial charge in [-0.2, -0.15) is 0 Å². The fourth-order valence-electron chi connectivity index (χ4n) is 2.87. The Bertz CT molecular complexity index is 802. The van der Waals surface area contributed by atoms with Crippen LogP contribution in [0.3, 0.4) is 0 Å². The minimum atomic E-state index is -0.149. The summed E-state index contributed by atoms with van der Waals surface area (Å²) in [5.41, 5.74) is 1.94. The van der Waals surface area contributed by atoms with Gasteiger partial charge in [-0.3, -0.25) is 9.59 Å². The molecule has 0 fully saturated rings. The molecule has 0 radical (unpaired) electrons. The maximum absolute atomic E-state index is 12.6. The summed E-state index contributed by atoms with van der Waals surface area (Å²) in [5.74, 6) is 1.08. The quantitative estimate of drug-likeness (QED) is 0.896. The third-order valence-electron chi connectivity index (χ3n) is 4.31. The summed E-state index contributed by atoms with van der Waals surface area (Å²) in [4.78, 5) is 26.6. The Kier molecular flexibility index (Phi) is 5.41. The van der Waals surface area contributed by atoms with Crippen molar-refractivity contribution < 1.29 is 19.1 Å². The molecule has 2 amide bonds. The number of nitrogens with zero attached hydrogens (tertiary/aromatic N) is 1. The van der Waals surface area contributed by atoms with Crippen molar-refractivity contribution in [2.24, 2.45) is 0 Å². The van der Waals surface area contributed by atoms with Gasteiger partial charge < -0.3 is 19.7 Å². The van der Waals surface area contributed by atoms with Crippen LogP contribution in [0.1, 0.15) is 22.8 Å². The number of hydrogen-bond acceptors (Lipinski definition) is 4. The van der Waals surface area contributed by atoms with E-state index in [9.17, 15) is 9.59 Å². The van der Waals surface area contributed by atoms with Crippen LogP contribution in [0.4, 0.5) is 5.69 Å². The summed E-state index contributed by atoms with van der Waals surface area (Å²) in [7, 11) is 1.60. The monoisotopic (exact) mass is 354 g/mol. The van der Waals surface area contributed by atoms with Gasteiger partial charge in [0, 0.05) is 12.2 Å². The zero-order chi connectivity index (χ0) is 18.5. The highest BCUT2D eigenvalue weighted by molar-refractivity contribution is 6.00. The molecule has 0 aromatic heterocycles. The van der Waals surface area contributed by atoms with Crippen molar-refractivity contribution >= 4 is 17.5 Å². The zero-order valence-electron chi connectivity index (χ0n) is 15.0. The summed E-state index contributed by atoms with van der Waals surface area (Å²) in [6.07, 6.45) is 0.243. The number of likely N-dealkylation sites (N-methyl/N-ethyl adjacent to an activating group) is 1. The van der Waals surface area contributed by atoms with Gasteiger partial charge in [-0.15, -0.1) is 0 Å². The van der Waals surface area contributed by atoms with E-state index >= 15 is 0 Å². The first kappa shape index (κ1) is 17.8. The van der Waals surface area contributed by atoms with Crippen LogP contribution >= 0.6 is 0 Å². The minimum absolute atomic E-state index is 0.0775. The van der Waals surface area contributed by atoms with Crippen molar-refractivity contribution in [1.29, 1.82) is 0 Å². The first-order valence-electron chi connectivity index (χ1n) is 8.59. The van der Waals surface area contributed by atoms with Crippen molar-refractivity contribution in [3.05, 3.63) is 53.6 Å². The van der Waals surface area contributed by atoms with Gasteiger partial charge in [0.2, 0.25) is 5.91 Å². The molecule has 0 saturated carbocycles. The molecular formula is C20H22N2O4. The van der Waals surface area contributed by atoms with E-state index in [1.165, 1.54) is 0 Å². The number of fused-ring (bicyclic) bond motifs is 1. The second kappa shape index (κ2) is 7.91. The Balaban J connectivity index is 1.71. The third kappa shape index (κ3) is 3.96. The second-order valence-corrected chi connectivity index (χ2v) is 6.02. The highest BCUT2D eigenvalue weighted by Crippen LogP contribution is 2.26. The number of anilines is 1. The van der Waals surface area contributed by atoms with Gasteiger partial charge in [0.15, 0.2) is 0 Å². The molecule has 6 heteroatoms. The molecule has 0 bridgehead atoms. The van der Waals surface area contributed by atoms with Gasteiger partial charge in [-0.05, 0) is 42.8 Å². The molecule has 1 aliphatic rings. The highest BCUT2D eigenvalue weighted by Gasteiger charge is 2.23. The second-order valence-electron chi connectivity index (χ2n) is 6.02. The number of benzene rings is 2. The fraction of sp³-hybridized carbons (Fsp3) is 0.300. The van der Waals surface area contributed by atoms with E-state index in [-0.39, 0.29) is 18.2 Å². The number of nitrogens with one attached hydrogen (secondary N) is 1. The summed E-state index contributed by atoms with van der Waals surface area (Å²) in [6, 6.07) is 12.5. The average Bonchev–Trinajstić information content (AvgIpc) is 2.81. The highest BCUT2D eigenvalue weighted by atomic mass is 16.5. The van der Waals surface area contributed by atoms with Crippen LogP contribution in [-0.2, 0) is 11.2 Å². The fourth-order valence-corrected chi connectivity index (χ4v) is 2.87. The SMILES string of the molecule is CCN1CCOc2ccc(NC(=O)Cc3ccc(OC)cc3)cc2C1=O. The zero-order valence-corrected chi connectivity index (χ0v) is 15.0. The number of carbonyl (C=O) groups is 2. The molecule has 0 unspecified atom stereocenters. The topological polar surface area (TPSA) is 67.9 Å². The molecule has 136 valence electrons. The van der Waals surface area contributed by atoms with Crippen LogP contribution in [0, 0.1) is 0 Å². The molecule has 0 spiro atoms. The van der Waals surface area contributed by atoms with Gasteiger partial charge in [0.25, 0.3) is 5.91 Å². The standard InChI is InChI=1S/C20H22N2O4/c1-3-22-10-11-26-18-9-6-15(13-17(18)20(22)24)21-19(23)12-14-4-7-16(25-2)8-5-14/h4-9,13H,3,10-12H2,1-2H3,(H,21,23). The number of methoxy groups -OCH3 is 1. The molecular weight excluding hydrogens is 332 g/mol. The predicted octanol–water partition coefficient (Wildman–Crippen LogP) is 2.73. The number of carbonyl (C=O) groups excluding carboxylic acids is 2. The molecule has 1 heterocycles. The number of ether oxygens (including phenoxy) is 2. The van der Waals surface area contributed by atoms with Gasteiger partial charge in [0.1, 0.15) is 18.1 Å². The number of rotatable bonds is 5.